The number of fused-ring (bicyclic) bond motifs is 1. The second-order valence-corrected chi connectivity index (χ2v) is 7.54. The van der Waals surface area contributed by atoms with Crippen LogP contribution in [-0.4, -0.2) is 29.9 Å². The third-order valence-corrected chi connectivity index (χ3v) is 5.58. The van der Waals surface area contributed by atoms with Crippen LogP contribution in [0, 0.1) is 16.7 Å². The van der Waals surface area contributed by atoms with Crippen LogP contribution in [0.3, 0.4) is 0 Å². The van der Waals surface area contributed by atoms with Crippen LogP contribution in [0.15, 0.2) is 0 Å². The molecule has 116 valence electrons. The van der Waals surface area contributed by atoms with E-state index in [9.17, 15) is 0 Å². The number of amidine groups is 1. The van der Waals surface area contributed by atoms with Crippen LogP contribution in [-0.2, 0) is 0 Å². The molecule has 1 aliphatic heterocycles. The van der Waals surface area contributed by atoms with Gasteiger partial charge in [-0.25, -0.2) is 0 Å². The van der Waals surface area contributed by atoms with E-state index in [0.717, 1.165) is 18.4 Å². The monoisotopic (exact) mass is 279 g/mol. The molecule has 3 heteroatoms. The summed E-state index contributed by atoms with van der Waals surface area (Å²) in [5.41, 5.74) is 5.54. The molecule has 1 saturated heterocycles. The number of nitrogens with one attached hydrogen (secondary N) is 1. The first kappa shape index (κ1) is 15.8. The van der Waals surface area contributed by atoms with Gasteiger partial charge in [0.15, 0.2) is 0 Å². The summed E-state index contributed by atoms with van der Waals surface area (Å²) in [4.78, 5) is 2.77. The van der Waals surface area contributed by atoms with Gasteiger partial charge in [0.05, 0.1) is 5.84 Å². The van der Waals surface area contributed by atoms with E-state index in [1.54, 1.807) is 0 Å². The molecule has 2 rings (SSSR count). The van der Waals surface area contributed by atoms with Gasteiger partial charge in [-0.3, -0.25) is 5.41 Å². The van der Waals surface area contributed by atoms with Crippen LogP contribution < -0.4 is 5.73 Å². The van der Waals surface area contributed by atoms with Crippen molar-refractivity contribution in [2.24, 2.45) is 17.1 Å². The highest BCUT2D eigenvalue weighted by atomic mass is 15.2. The fourth-order valence-electron chi connectivity index (χ4n) is 4.02. The number of nitrogens with two attached hydrogens (primary N) is 1. The summed E-state index contributed by atoms with van der Waals surface area (Å²) in [5.74, 6) is 1.33. The Hall–Kier alpha value is -0.570. The zero-order valence-electron chi connectivity index (χ0n) is 13.5. The van der Waals surface area contributed by atoms with Gasteiger partial charge in [-0.05, 0) is 57.5 Å². The van der Waals surface area contributed by atoms with Gasteiger partial charge in [-0.15, -0.1) is 0 Å². The third-order valence-electron chi connectivity index (χ3n) is 5.58. The topological polar surface area (TPSA) is 53.1 Å². The van der Waals surface area contributed by atoms with E-state index in [0.29, 0.717) is 5.84 Å². The number of likely N-dealkylation sites (tertiary alicyclic amines) is 1. The molecule has 2 aliphatic rings. The van der Waals surface area contributed by atoms with Crippen molar-refractivity contribution in [2.45, 2.75) is 77.7 Å². The smallest absolute Gasteiger partial charge is 0.0963 e. The zero-order chi connectivity index (χ0) is 14.6. The Balaban J connectivity index is 1.72. The Labute approximate surface area is 124 Å². The number of piperidine rings is 1. The number of nitrogens with zero attached hydrogens (tertiary/aromatic N) is 1. The minimum Gasteiger partial charge on any atom is -0.387 e. The molecule has 20 heavy (non-hydrogen) atoms. The molecule has 2 atom stereocenters. The second-order valence-electron chi connectivity index (χ2n) is 7.54. The second kappa shape index (κ2) is 6.93. The van der Waals surface area contributed by atoms with Crippen LogP contribution in [0.25, 0.3) is 0 Å². The summed E-state index contributed by atoms with van der Waals surface area (Å²) in [6.45, 7) is 6.76. The zero-order valence-corrected chi connectivity index (χ0v) is 13.5. The standard InChI is InChI=1S/C17H33N3/c1-17(2,16(18)19)11-5-6-12-20-13-7-9-14-8-3-4-10-15(14)20/h14-15H,3-13H2,1-2H3,(H3,18,19)/t14-,15-/m1/s1. The van der Waals surface area contributed by atoms with Crippen LogP contribution >= 0.6 is 0 Å². The van der Waals surface area contributed by atoms with E-state index in [1.807, 2.05) is 0 Å². The largest absolute Gasteiger partial charge is 0.387 e. The van der Waals surface area contributed by atoms with Crippen molar-refractivity contribution in [1.29, 1.82) is 5.41 Å². The molecule has 1 aliphatic carbocycles. The molecule has 2 fully saturated rings. The van der Waals surface area contributed by atoms with Crippen molar-refractivity contribution in [3.05, 3.63) is 0 Å². The fraction of sp³-hybridized carbons (Fsp3) is 0.941. The van der Waals surface area contributed by atoms with Crippen molar-refractivity contribution >= 4 is 5.84 Å². The average molecular weight is 279 g/mol. The maximum absolute atomic E-state index is 7.62. The van der Waals surface area contributed by atoms with Gasteiger partial charge < -0.3 is 10.6 Å². The van der Waals surface area contributed by atoms with Gasteiger partial charge in [0.2, 0.25) is 0 Å². The van der Waals surface area contributed by atoms with Gasteiger partial charge in [-0.2, -0.15) is 0 Å². The van der Waals surface area contributed by atoms with Crippen molar-refractivity contribution in [2.75, 3.05) is 13.1 Å². The van der Waals surface area contributed by atoms with Crippen LogP contribution in [0.1, 0.15) is 71.6 Å². The van der Waals surface area contributed by atoms with E-state index < -0.39 is 0 Å². The molecule has 0 spiro atoms. The average Bonchev–Trinajstić information content (AvgIpc) is 2.43. The Morgan fingerprint density at radius 1 is 1.15 bits per heavy atom. The lowest BCUT2D eigenvalue weighted by Crippen LogP contribution is -2.47. The van der Waals surface area contributed by atoms with Crippen molar-refractivity contribution in [3.63, 3.8) is 0 Å². The van der Waals surface area contributed by atoms with Crippen molar-refractivity contribution in [3.8, 4) is 0 Å². The molecule has 0 radical (unpaired) electrons. The maximum atomic E-state index is 7.62. The first-order chi connectivity index (χ1) is 9.50. The summed E-state index contributed by atoms with van der Waals surface area (Å²) in [6, 6.07) is 0.887. The van der Waals surface area contributed by atoms with Crippen LogP contribution in [0.2, 0.25) is 0 Å². The van der Waals surface area contributed by atoms with Gasteiger partial charge in [0, 0.05) is 11.5 Å². The summed E-state index contributed by atoms with van der Waals surface area (Å²) in [6.07, 6.45) is 12.2. The molecule has 0 aromatic carbocycles. The third kappa shape index (κ3) is 3.97. The normalized spacial score (nSPS) is 28.1. The van der Waals surface area contributed by atoms with Crippen LogP contribution in [0.5, 0.6) is 0 Å². The minimum atomic E-state index is -0.116. The first-order valence-electron chi connectivity index (χ1n) is 8.59. The molecule has 1 heterocycles. The number of hydrogen-bond donors (Lipinski definition) is 2. The molecular weight excluding hydrogens is 246 g/mol. The maximum Gasteiger partial charge on any atom is 0.0963 e. The lowest BCUT2D eigenvalue weighted by molar-refractivity contribution is 0.0592. The summed E-state index contributed by atoms with van der Waals surface area (Å²) >= 11 is 0. The highest BCUT2D eigenvalue weighted by Crippen LogP contribution is 2.35. The highest BCUT2D eigenvalue weighted by Gasteiger charge is 2.32. The van der Waals surface area contributed by atoms with Crippen LogP contribution in [0.4, 0.5) is 0 Å². The highest BCUT2D eigenvalue weighted by molar-refractivity contribution is 5.82. The molecule has 3 N–H and O–H groups in total. The summed E-state index contributed by atoms with van der Waals surface area (Å²) < 4.78 is 0. The molecule has 0 aromatic rings. The lowest BCUT2D eigenvalue weighted by Gasteiger charge is -2.44. The quantitative estimate of drug-likeness (QED) is 0.442. The van der Waals surface area contributed by atoms with E-state index in [2.05, 4.69) is 18.7 Å². The molecule has 3 nitrogen and oxygen atoms in total. The van der Waals surface area contributed by atoms with Gasteiger partial charge >= 0.3 is 0 Å². The molecule has 0 aromatic heterocycles. The van der Waals surface area contributed by atoms with Gasteiger partial charge in [-0.1, -0.05) is 33.1 Å². The SMILES string of the molecule is CC(C)(CCCCN1CCC[C@H]2CCCC[C@H]21)C(=N)N. The Morgan fingerprint density at radius 3 is 2.60 bits per heavy atom. The summed E-state index contributed by atoms with van der Waals surface area (Å²) in [7, 11) is 0. The molecule has 1 saturated carbocycles. The van der Waals surface area contributed by atoms with E-state index >= 15 is 0 Å². The van der Waals surface area contributed by atoms with Gasteiger partial charge in [0.25, 0.3) is 0 Å². The number of hydrogen-bond acceptors (Lipinski definition) is 2. The van der Waals surface area contributed by atoms with E-state index in [-0.39, 0.29) is 5.41 Å². The van der Waals surface area contributed by atoms with E-state index in [1.165, 1.54) is 64.5 Å². The molecule has 0 bridgehead atoms. The number of unbranched alkanes of at least 4 members (excludes halogenated alkanes) is 1. The first-order valence-corrected chi connectivity index (χ1v) is 8.59. The van der Waals surface area contributed by atoms with Crippen molar-refractivity contribution < 1.29 is 0 Å². The van der Waals surface area contributed by atoms with Crippen molar-refractivity contribution in [1.82, 2.24) is 4.90 Å². The Morgan fingerprint density at radius 2 is 1.85 bits per heavy atom. The predicted molar refractivity (Wildman–Crippen MR) is 86.1 cm³/mol. The molecule has 0 unspecified atom stereocenters. The Kier molecular flexibility index (Phi) is 5.48. The Bertz CT molecular complexity index is 322. The fourth-order valence-corrected chi connectivity index (χ4v) is 4.02. The molecule has 0 amide bonds. The van der Waals surface area contributed by atoms with E-state index in [4.69, 9.17) is 11.1 Å². The minimum absolute atomic E-state index is 0.116. The summed E-state index contributed by atoms with van der Waals surface area (Å²) in [5, 5.41) is 7.62. The predicted octanol–water partition coefficient (Wildman–Crippen LogP) is 3.77. The molecular formula is C17H33N3. The number of rotatable bonds is 6. The lowest BCUT2D eigenvalue weighted by atomic mass is 9.78. The van der Waals surface area contributed by atoms with Gasteiger partial charge in [0.1, 0.15) is 0 Å².